The lowest BCUT2D eigenvalue weighted by atomic mass is 9.99. The van der Waals surface area contributed by atoms with Gasteiger partial charge in [-0.2, -0.15) is 0 Å². The molecule has 184 valence electrons. The molecule has 0 fully saturated rings. The van der Waals surface area contributed by atoms with Crippen molar-refractivity contribution in [3.8, 4) is 17.1 Å². The minimum absolute atomic E-state index is 0.0207. The largest absolute Gasteiger partial charge is 0.521 e. The van der Waals surface area contributed by atoms with Crippen LogP contribution in [-0.2, 0) is 25.5 Å². The quantitative estimate of drug-likeness (QED) is 0.415. The molecule has 0 aliphatic heterocycles. The Bertz CT molecular complexity index is 1240. The number of methoxy groups -OCH3 is 1. The maximum Gasteiger partial charge on any atom is 0.521 e. The fourth-order valence-corrected chi connectivity index (χ4v) is 3.53. The van der Waals surface area contributed by atoms with Crippen LogP contribution in [0.5, 0.6) is 5.95 Å². The molecule has 10 heteroatoms. The van der Waals surface area contributed by atoms with Crippen LogP contribution in [0.2, 0.25) is 5.02 Å². The summed E-state index contributed by atoms with van der Waals surface area (Å²) in [5.74, 6) is -3.01. The van der Waals surface area contributed by atoms with Crippen LogP contribution in [0.3, 0.4) is 0 Å². The zero-order valence-corrected chi connectivity index (χ0v) is 19.9. The number of aryl methyl sites for hydroxylation is 1. The lowest BCUT2D eigenvalue weighted by Crippen LogP contribution is -2.38. The van der Waals surface area contributed by atoms with Gasteiger partial charge < -0.3 is 23.6 Å². The van der Waals surface area contributed by atoms with Crippen LogP contribution in [0.15, 0.2) is 62.2 Å². The van der Waals surface area contributed by atoms with Crippen LogP contribution in [0.25, 0.3) is 11.1 Å². The molecule has 35 heavy (non-hydrogen) atoms. The lowest BCUT2D eigenvalue weighted by Gasteiger charge is -2.18. The third-order valence-electron chi connectivity index (χ3n) is 5.06. The van der Waals surface area contributed by atoms with Crippen molar-refractivity contribution < 1.29 is 32.7 Å². The number of rotatable bonds is 10. The highest BCUT2D eigenvalue weighted by atomic mass is 35.5. The van der Waals surface area contributed by atoms with Crippen molar-refractivity contribution in [1.82, 2.24) is 5.32 Å². The Morgan fingerprint density at radius 1 is 1.00 bits per heavy atom. The van der Waals surface area contributed by atoms with Gasteiger partial charge >= 0.3 is 23.7 Å². The van der Waals surface area contributed by atoms with Crippen molar-refractivity contribution in [1.29, 1.82) is 0 Å². The standard InChI is InChI=1S/C25H24ClNO8/c1-15-24(35-25(31)33-15)34-22(29)11-10-21(28)27-20(14-23(30)32-2)12-16-6-8-17(9-7-16)18-4-3-5-19(26)13-18/h3-9,13,20H,10-12,14H2,1-2H3,(H,27,28)/t20-/m1/s1. The topological polar surface area (TPSA) is 125 Å². The van der Waals surface area contributed by atoms with Crippen LogP contribution in [0, 0.1) is 6.92 Å². The number of hydrogen-bond acceptors (Lipinski definition) is 8. The van der Waals surface area contributed by atoms with Gasteiger partial charge in [-0.3, -0.25) is 14.4 Å². The van der Waals surface area contributed by atoms with E-state index in [1.807, 2.05) is 42.5 Å². The molecule has 0 radical (unpaired) electrons. The van der Waals surface area contributed by atoms with E-state index in [9.17, 15) is 19.2 Å². The Kier molecular flexibility index (Phi) is 8.86. The Hall–Kier alpha value is -3.85. The van der Waals surface area contributed by atoms with Gasteiger partial charge in [-0.1, -0.05) is 48.0 Å². The first-order chi connectivity index (χ1) is 16.7. The summed E-state index contributed by atoms with van der Waals surface area (Å²) < 4.78 is 18.8. The molecular weight excluding hydrogens is 478 g/mol. The van der Waals surface area contributed by atoms with Crippen LogP contribution in [0.1, 0.15) is 30.6 Å². The van der Waals surface area contributed by atoms with Gasteiger partial charge in [-0.05, 0) is 35.2 Å². The van der Waals surface area contributed by atoms with E-state index < -0.39 is 29.7 Å². The number of carbonyl (C=O) groups excluding carboxylic acids is 3. The fraction of sp³-hybridized carbons (Fsp3) is 0.280. The van der Waals surface area contributed by atoms with Crippen LogP contribution >= 0.6 is 11.6 Å². The molecule has 0 aliphatic rings. The number of benzene rings is 2. The minimum atomic E-state index is -0.991. The maximum absolute atomic E-state index is 12.4. The molecule has 0 unspecified atom stereocenters. The van der Waals surface area contributed by atoms with Gasteiger partial charge in [0.25, 0.3) is 0 Å². The number of halogens is 1. The van der Waals surface area contributed by atoms with Crippen molar-refractivity contribution >= 4 is 29.4 Å². The van der Waals surface area contributed by atoms with E-state index in [0.717, 1.165) is 16.7 Å². The average molecular weight is 502 g/mol. The summed E-state index contributed by atoms with van der Waals surface area (Å²) in [6, 6.07) is 14.6. The normalized spacial score (nSPS) is 11.5. The van der Waals surface area contributed by atoms with Crippen molar-refractivity contribution in [2.45, 2.75) is 38.6 Å². The van der Waals surface area contributed by atoms with E-state index in [1.54, 1.807) is 6.07 Å². The van der Waals surface area contributed by atoms with E-state index in [0.29, 0.717) is 11.4 Å². The number of esters is 2. The molecule has 2 aromatic carbocycles. The first-order valence-corrected chi connectivity index (χ1v) is 11.1. The molecule has 0 saturated carbocycles. The predicted octanol–water partition coefficient (Wildman–Crippen LogP) is 3.84. The molecule has 0 saturated heterocycles. The SMILES string of the molecule is COC(=O)C[C@@H](Cc1ccc(-c2cccc(Cl)c2)cc1)NC(=O)CCC(=O)Oc1oc(=O)oc1C. The summed E-state index contributed by atoms with van der Waals surface area (Å²) in [4.78, 5) is 47.3. The molecule has 0 bridgehead atoms. The number of hydrogen-bond donors (Lipinski definition) is 1. The third-order valence-corrected chi connectivity index (χ3v) is 5.30. The van der Waals surface area contributed by atoms with Crippen molar-refractivity contribution in [2.24, 2.45) is 0 Å². The summed E-state index contributed by atoms with van der Waals surface area (Å²) >= 11 is 6.06. The highest BCUT2D eigenvalue weighted by Crippen LogP contribution is 2.23. The Balaban J connectivity index is 1.58. The Labute approximate surface area is 206 Å². The van der Waals surface area contributed by atoms with E-state index >= 15 is 0 Å². The van der Waals surface area contributed by atoms with E-state index in [2.05, 4.69) is 14.2 Å². The van der Waals surface area contributed by atoms with Gasteiger partial charge in [-0.15, -0.1) is 0 Å². The van der Waals surface area contributed by atoms with Gasteiger partial charge in [0.15, 0.2) is 5.76 Å². The van der Waals surface area contributed by atoms with E-state index in [-0.39, 0.29) is 31.0 Å². The average Bonchev–Trinajstić information content (AvgIpc) is 3.14. The van der Waals surface area contributed by atoms with Gasteiger partial charge in [-0.25, -0.2) is 4.79 Å². The number of nitrogens with one attached hydrogen (secondary N) is 1. The summed E-state index contributed by atoms with van der Waals surface area (Å²) in [5.41, 5.74) is 2.85. The van der Waals surface area contributed by atoms with Crippen molar-refractivity contribution in [2.75, 3.05) is 7.11 Å². The summed E-state index contributed by atoms with van der Waals surface area (Å²) in [5, 5.41) is 3.40. The van der Waals surface area contributed by atoms with Crippen LogP contribution in [0.4, 0.5) is 0 Å². The van der Waals surface area contributed by atoms with E-state index in [1.165, 1.54) is 14.0 Å². The Morgan fingerprint density at radius 2 is 1.74 bits per heavy atom. The zero-order chi connectivity index (χ0) is 25.4. The molecule has 3 rings (SSSR count). The summed E-state index contributed by atoms with van der Waals surface area (Å²) in [7, 11) is 1.27. The fourth-order valence-electron chi connectivity index (χ4n) is 3.34. The van der Waals surface area contributed by atoms with Crippen molar-refractivity contribution in [3.05, 3.63) is 75.5 Å². The molecular formula is C25H24ClNO8. The molecule has 1 heterocycles. The molecule has 0 spiro atoms. The smallest absolute Gasteiger partial charge is 0.469 e. The van der Waals surface area contributed by atoms with Crippen molar-refractivity contribution in [3.63, 3.8) is 0 Å². The predicted molar refractivity (Wildman–Crippen MR) is 126 cm³/mol. The maximum atomic E-state index is 12.4. The van der Waals surface area contributed by atoms with Crippen LogP contribution < -0.4 is 15.9 Å². The second-order valence-electron chi connectivity index (χ2n) is 7.73. The minimum Gasteiger partial charge on any atom is -0.469 e. The monoisotopic (exact) mass is 501 g/mol. The number of carbonyl (C=O) groups is 3. The van der Waals surface area contributed by atoms with Gasteiger partial charge in [0.1, 0.15) is 0 Å². The molecule has 0 aliphatic carbocycles. The van der Waals surface area contributed by atoms with E-state index in [4.69, 9.17) is 21.1 Å². The van der Waals surface area contributed by atoms with Gasteiger partial charge in [0.2, 0.25) is 5.91 Å². The first kappa shape index (κ1) is 25.8. The van der Waals surface area contributed by atoms with Gasteiger partial charge in [0, 0.05) is 24.4 Å². The molecule has 3 aromatic rings. The second-order valence-corrected chi connectivity index (χ2v) is 8.16. The molecule has 1 N–H and O–H groups in total. The molecule has 1 aromatic heterocycles. The molecule has 9 nitrogen and oxygen atoms in total. The molecule has 1 amide bonds. The first-order valence-electron chi connectivity index (χ1n) is 10.8. The summed E-state index contributed by atoms with van der Waals surface area (Å²) in [6.45, 7) is 1.40. The number of ether oxygens (including phenoxy) is 2. The number of amides is 1. The highest BCUT2D eigenvalue weighted by Gasteiger charge is 2.20. The second kappa shape index (κ2) is 12.0. The third kappa shape index (κ3) is 7.86. The zero-order valence-electron chi connectivity index (χ0n) is 19.2. The van der Waals surface area contributed by atoms with Crippen LogP contribution in [-0.4, -0.2) is 31.0 Å². The lowest BCUT2D eigenvalue weighted by molar-refractivity contribution is -0.142. The summed E-state index contributed by atoms with van der Waals surface area (Å²) in [6.07, 6.45) is -0.118. The molecule has 1 atom stereocenters. The highest BCUT2D eigenvalue weighted by molar-refractivity contribution is 6.30. The van der Waals surface area contributed by atoms with Gasteiger partial charge in [0.05, 0.1) is 20.0 Å². The Morgan fingerprint density at radius 3 is 2.37 bits per heavy atom.